The predicted octanol–water partition coefficient (Wildman–Crippen LogP) is 6.14. The molecular weight excluding hydrogens is 615 g/mol. The molecule has 0 spiro atoms. The van der Waals surface area contributed by atoms with E-state index in [1.807, 2.05) is 0 Å². The Kier molecular flexibility index (Phi) is 71.6. The molecule has 2 amide bonds. The standard InChI is InChI=1S/C22H36N3O7.9CH4.Y/c1-6-18(27)9-16(8-14(3)26)24-21(30)12-17(10-19(28)7-2)25-20(29)11-15(23-4)13-22(31)32-5;;;;;;;;;;/h15-17,23H,3,6-13H2,1-2,4-5H3,(H,24,30)(H,25,29);9*1H4;/q-1;;;;;;;;;;. The summed E-state index contributed by atoms with van der Waals surface area (Å²) < 4.78 is 4.60. The van der Waals surface area contributed by atoms with E-state index >= 15 is 0 Å². The molecule has 0 fully saturated rings. The van der Waals surface area contributed by atoms with Crippen molar-refractivity contribution in [1.29, 1.82) is 0 Å². The molecule has 0 saturated heterocycles. The third-order valence-electron chi connectivity index (χ3n) is 4.85. The fourth-order valence-electron chi connectivity index (χ4n) is 3.04. The first-order chi connectivity index (χ1) is 15.0. The second-order valence-electron chi connectivity index (χ2n) is 7.64. The Labute approximate surface area is 287 Å². The average molecular weight is 688 g/mol. The van der Waals surface area contributed by atoms with Crippen LogP contribution < -0.4 is 16.0 Å². The molecule has 1 radical (unpaired) electrons. The van der Waals surface area contributed by atoms with Gasteiger partial charge in [0, 0.05) is 89.4 Å². The van der Waals surface area contributed by atoms with E-state index in [9.17, 15) is 28.8 Å². The van der Waals surface area contributed by atoms with Crippen LogP contribution in [0.1, 0.15) is 132 Å². The van der Waals surface area contributed by atoms with Gasteiger partial charge in [0.15, 0.2) is 0 Å². The third kappa shape index (κ3) is 36.4. The van der Waals surface area contributed by atoms with E-state index < -0.39 is 41.7 Å². The molecule has 3 N–H and O–H groups in total. The number of hydrogen-bond donors (Lipinski definition) is 3. The topological polar surface area (TPSA) is 148 Å². The fourth-order valence-corrected chi connectivity index (χ4v) is 3.04. The number of Topliss-reactive ketones (excluding diaryl/α,β-unsaturated/α-hetero) is 3. The average Bonchev–Trinajstić information content (AvgIpc) is 2.71. The van der Waals surface area contributed by atoms with Crippen molar-refractivity contribution in [2.75, 3.05) is 14.2 Å². The van der Waals surface area contributed by atoms with Gasteiger partial charge in [0.2, 0.25) is 11.8 Å². The summed E-state index contributed by atoms with van der Waals surface area (Å²) in [5.74, 6) is -2.04. The van der Waals surface area contributed by atoms with Gasteiger partial charge in [-0.2, -0.15) is 0 Å². The third-order valence-corrected chi connectivity index (χ3v) is 4.85. The van der Waals surface area contributed by atoms with Crippen LogP contribution in [0.2, 0.25) is 0 Å². The molecule has 0 aromatic rings. The van der Waals surface area contributed by atoms with Gasteiger partial charge in [-0.1, -0.05) is 80.7 Å². The summed E-state index contributed by atoms with van der Waals surface area (Å²) >= 11 is 0. The van der Waals surface area contributed by atoms with Crippen LogP contribution in [0.15, 0.2) is 0 Å². The molecular formula is C31H72N3O7Y-. The first-order valence-electron chi connectivity index (χ1n) is 10.7. The number of carbonyl (C=O) groups excluding carboxylic acids is 6. The van der Waals surface area contributed by atoms with E-state index in [0.29, 0.717) is 0 Å². The molecule has 0 aliphatic heterocycles. The van der Waals surface area contributed by atoms with Crippen LogP contribution in [-0.4, -0.2) is 67.4 Å². The van der Waals surface area contributed by atoms with Crippen LogP contribution in [-0.2, 0) is 66.2 Å². The van der Waals surface area contributed by atoms with Gasteiger partial charge in [0.1, 0.15) is 11.6 Å². The number of nitrogens with one attached hydrogen (secondary N) is 3. The van der Waals surface area contributed by atoms with Gasteiger partial charge in [-0.05, 0) is 19.3 Å². The zero-order valence-corrected chi connectivity index (χ0v) is 22.9. The predicted molar refractivity (Wildman–Crippen MR) is 178 cm³/mol. The van der Waals surface area contributed by atoms with Gasteiger partial charge in [-0.25, -0.2) is 0 Å². The summed E-state index contributed by atoms with van der Waals surface area (Å²) in [4.78, 5) is 71.5. The second-order valence-corrected chi connectivity index (χ2v) is 7.64. The molecule has 0 aliphatic carbocycles. The van der Waals surface area contributed by atoms with E-state index in [4.69, 9.17) is 0 Å². The van der Waals surface area contributed by atoms with Crippen molar-refractivity contribution in [3.8, 4) is 0 Å². The van der Waals surface area contributed by atoms with Crippen LogP contribution in [0.4, 0.5) is 0 Å². The van der Waals surface area contributed by atoms with Crippen LogP contribution in [0, 0.1) is 6.92 Å². The number of carbonyl (C=O) groups is 6. The van der Waals surface area contributed by atoms with Crippen LogP contribution in [0.25, 0.3) is 0 Å². The number of esters is 1. The van der Waals surface area contributed by atoms with E-state index in [1.54, 1.807) is 20.9 Å². The van der Waals surface area contributed by atoms with Crippen molar-refractivity contribution < 1.29 is 66.2 Å². The zero-order chi connectivity index (χ0) is 24.7. The van der Waals surface area contributed by atoms with Crippen molar-refractivity contribution >= 4 is 35.1 Å². The monoisotopic (exact) mass is 687 g/mol. The Morgan fingerprint density at radius 3 is 1.21 bits per heavy atom. The number of ether oxygens (including phenoxy) is 1. The fraction of sp³-hybridized carbons (Fsp3) is 0.774. The minimum absolute atomic E-state index is 0. The quantitative estimate of drug-likeness (QED) is 0.122. The van der Waals surface area contributed by atoms with Crippen LogP contribution >= 0.6 is 0 Å². The largest absolute Gasteiger partial charge is 0.469 e. The van der Waals surface area contributed by atoms with Crippen LogP contribution in [0.5, 0.6) is 0 Å². The van der Waals surface area contributed by atoms with Gasteiger partial charge in [0.05, 0.1) is 13.5 Å². The smallest absolute Gasteiger partial charge is 0.307 e. The Hall–Kier alpha value is -1.65. The number of ketones is 3. The van der Waals surface area contributed by atoms with E-state index in [1.165, 1.54) is 7.11 Å². The Morgan fingerprint density at radius 1 is 0.595 bits per heavy atom. The number of methoxy groups -OCH3 is 1. The van der Waals surface area contributed by atoms with Crippen molar-refractivity contribution in [2.45, 2.75) is 150 Å². The van der Waals surface area contributed by atoms with Gasteiger partial charge >= 0.3 is 5.97 Å². The minimum Gasteiger partial charge on any atom is -0.469 e. The summed E-state index contributed by atoms with van der Waals surface area (Å²) in [6.45, 7) is 6.66. The maximum atomic E-state index is 12.5. The van der Waals surface area contributed by atoms with Crippen molar-refractivity contribution in [3.63, 3.8) is 0 Å². The summed E-state index contributed by atoms with van der Waals surface area (Å²) in [6, 6.07) is -1.92. The molecule has 3 atom stereocenters. The van der Waals surface area contributed by atoms with Crippen molar-refractivity contribution in [2.24, 2.45) is 0 Å². The molecule has 0 saturated carbocycles. The summed E-state index contributed by atoms with van der Waals surface area (Å²) in [7, 11) is 2.86. The van der Waals surface area contributed by atoms with Crippen LogP contribution in [0.3, 0.4) is 0 Å². The van der Waals surface area contributed by atoms with E-state index in [0.717, 1.165) is 0 Å². The second kappa shape index (κ2) is 41.5. The SMILES string of the molecule is C.C.C.C.C.C.C.C.C.[CH2-]C(=O)CC(CC(=O)CC)NC(=O)CC(CC(=O)CC)NC(=O)CC(CC(=O)OC)NC.[Y]. The van der Waals surface area contributed by atoms with Crippen molar-refractivity contribution in [1.82, 2.24) is 16.0 Å². The maximum absolute atomic E-state index is 12.5. The van der Waals surface area contributed by atoms with E-state index in [-0.39, 0.29) is 162 Å². The molecule has 0 bridgehead atoms. The van der Waals surface area contributed by atoms with E-state index in [2.05, 4.69) is 27.6 Å². The number of amides is 2. The summed E-state index contributed by atoms with van der Waals surface area (Å²) in [5.41, 5.74) is 0. The number of rotatable bonds is 17. The number of hydrogen-bond acceptors (Lipinski definition) is 8. The Bertz CT molecular complexity index is 689. The molecule has 0 rings (SSSR count). The first kappa shape index (κ1) is 72.5. The minimum atomic E-state index is -0.761. The first-order valence-corrected chi connectivity index (χ1v) is 10.7. The molecule has 3 unspecified atom stereocenters. The molecule has 10 nitrogen and oxygen atoms in total. The molecule has 0 aromatic carbocycles. The summed E-state index contributed by atoms with van der Waals surface area (Å²) in [6.07, 6.45) is 0.161. The zero-order valence-electron chi connectivity index (χ0n) is 20.0. The molecule has 42 heavy (non-hydrogen) atoms. The molecule has 0 aromatic heterocycles. The maximum Gasteiger partial charge on any atom is 0.307 e. The van der Waals surface area contributed by atoms with Gasteiger partial charge in [0.25, 0.3) is 0 Å². The summed E-state index contributed by atoms with van der Waals surface area (Å²) in [5, 5.41) is 8.17. The Balaban J connectivity index is -0.000000107. The molecule has 11 heteroatoms. The van der Waals surface area contributed by atoms with Gasteiger partial charge in [-0.15, -0.1) is 0 Å². The van der Waals surface area contributed by atoms with Gasteiger partial charge in [-0.3, -0.25) is 24.0 Å². The van der Waals surface area contributed by atoms with Gasteiger partial charge < -0.3 is 32.4 Å². The molecule has 0 heterocycles. The molecule has 0 aliphatic rings. The Morgan fingerprint density at radius 2 is 0.929 bits per heavy atom. The molecule has 257 valence electrons. The normalized spacial score (nSPS) is 10.2. The van der Waals surface area contributed by atoms with Crippen molar-refractivity contribution in [3.05, 3.63) is 6.92 Å².